The van der Waals surface area contributed by atoms with Gasteiger partial charge in [-0.1, -0.05) is 0 Å². The topological polar surface area (TPSA) is 73.3 Å². The van der Waals surface area contributed by atoms with Crippen molar-refractivity contribution in [1.29, 1.82) is 0 Å². The maximum atomic E-state index is 9.12. The maximum Gasteiger partial charge on any atom is 0.214 e. The molecule has 0 bridgehead atoms. The third kappa shape index (κ3) is 2.49. The summed E-state index contributed by atoms with van der Waals surface area (Å²) >= 11 is 0. The lowest BCUT2D eigenvalue weighted by Gasteiger charge is -2.21. The van der Waals surface area contributed by atoms with Crippen LogP contribution in [0.1, 0.15) is 18.2 Å². The predicted octanol–water partition coefficient (Wildman–Crippen LogP) is -0.0107. The smallest absolute Gasteiger partial charge is 0.214 e. The molecule has 15 heavy (non-hydrogen) atoms. The molecule has 0 amide bonds. The Morgan fingerprint density at radius 1 is 1.60 bits per heavy atom. The molecule has 3 N–H and O–H groups in total. The Labute approximate surface area is 89.8 Å². The van der Waals surface area contributed by atoms with E-state index in [1.54, 1.807) is 18.7 Å². The van der Waals surface area contributed by atoms with Gasteiger partial charge in [0.1, 0.15) is 0 Å². The van der Waals surface area contributed by atoms with Crippen molar-refractivity contribution in [3.63, 3.8) is 0 Å². The second-order valence-corrected chi connectivity index (χ2v) is 4.19. The summed E-state index contributed by atoms with van der Waals surface area (Å²) in [6, 6.07) is 0. The van der Waals surface area contributed by atoms with E-state index in [0.717, 1.165) is 11.3 Å². The van der Waals surface area contributed by atoms with Crippen LogP contribution in [0.5, 0.6) is 5.88 Å². The van der Waals surface area contributed by atoms with Crippen LogP contribution in [0.15, 0.2) is 0 Å². The number of ether oxygens (including phenoxy) is 1. The molecule has 5 heteroatoms. The first kappa shape index (κ1) is 12.0. The SMILES string of the molecule is COc1c(CC(C)(N)CO)c(C)nn1C. The molecule has 1 heterocycles. The van der Waals surface area contributed by atoms with Gasteiger partial charge in [-0.3, -0.25) is 0 Å². The first-order valence-corrected chi connectivity index (χ1v) is 4.87. The average Bonchev–Trinajstić information content (AvgIpc) is 2.41. The van der Waals surface area contributed by atoms with Crippen LogP contribution in [0.4, 0.5) is 0 Å². The zero-order chi connectivity index (χ0) is 11.6. The molecule has 1 aromatic heterocycles. The largest absolute Gasteiger partial charge is 0.481 e. The zero-order valence-electron chi connectivity index (χ0n) is 9.74. The normalized spacial score (nSPS) is 15.1. The Morgan fingerprint density at radius 2 is 2.20 bits per heavy atom. The van der Waals surface area contributed by atoms with Crippen LogP contribution < -0.4 is 10.5 Å². The number of aliphatic hydroxyl groups is 1. The summed E-state index contributed by atoms with van der Waals surface area (Å²) in [5, 5.41) is 13.4. The molecule has 5 nitrogen and oxygen atoms in total. The van der Waals surface area contributed by atoms with Crippen LogP contribution >= 0.6 is 0 Å². The van der Waals surface area contributed by atoms with Crippen LogP contribution in [0.25, 0.3) is 0 Å². The van der Waals surface area contributed by atoms with Gasteiger partial charge >= 0.3 is 0 Å². The van der Waals surface area contributed by atoms with Crippen molar-refractivity contribution in [1.82, 2.24) is 9.78 Å². The fourth-order valence-electron chi connectivity index (χ4n) is 1.60. The molecule has 1 atom stereocenters. The standard InChI is InChI=1S/C10H19N3O2/c1-7-8(5-10(2,11)6-14)9(15-4)13(3)12-7/h14H,5-6,11H2,1-4H3. The third-order valence-electron chi connectivity index (χ3n) is 2.42. The molecule has 1 aromatic rings. The van der Waals surface area contributed by atoms with E-state index in [9.17, 15) is 0 Å². The number of hydrogen-bond donors (Lipinski definition) is 2. The van der Waals surface area contributed by atoms with E-state index in [2.05, 4.69) is 5.10 Å². The second-order valence-electron chi connectivity index (χ2n) is 4.19. The van der Waals surface area contributed by atoms with Crippen LogP contribution in [-0.2, 0) is 13.5 Å². The summed E-state index contributed by atoms with van der Waals surface area (Å²) in [5.74, 6) is 0.706. The molecule has 0 fully saturated rings. The van der Waals surface area contributed by atoms with E-state index >= 15 is 0 Å². The number of rotatable bonds is 4. The van der Waals surface area contributed by atoms with Crippen LogP contribution in [-0.4, -0.2) is 34.1 Å². The number of aliphatic hydroxyl groups excluding tert-OH is 1. The molecule has 1 rings (SSSR count). The van der Waals surface area contributed by atoms with E-state index in [4.69, 9.17) is 15.6 Å². The van der Waals surface area contributed by atoms with Crippen LogP contribution in [0, 0.1) is 6.92 Å². The molecule has 0 radical (unpaired) electrons. The average molecular weight is 213 g/mol. The Morgan fingerprint density at radius 3 is 2.67 bits per heavy atom. The first-order chi connectivity index (χ1) is 6.91. The molecule has 0 aromatic carbocycles. The van der Waals surface area contributed by atoms with Gasteiger partial charge < -0.3 is 15.6 Å². The summed E-state index contributed by atoms with van der Waals surface area (Å²) in [6.45, 7) is 3.65. The molecule has 0 saturated heterocycles. The monoisotopic (exact) mass is 213 g/mol. The van der Waals surface area contributed by atoms with Gasteiger partial charge in [0.05, 0.1) is 19.4 Å². The zero-order valence-corrected chi connectivity index (χ0v) is 9.74. The van der Waals surface area contributed by atoms with E-state index in [1.165, 1.54) is 0 Å². The van der Waals surface area contributed by atoms with Gasteiger partial charge in [-0.05, 0) is 20.3 Å². The van der Waals surface area contributed by atoms with Crippen molar-refractivity contribution in [3.8, 4) is 5.88 Å². The Hall–Kier alpha value is -1.07. The van der Waals surface area contributed by atoms with Crippen molar-refractivity contribution in [2.75, 3.05) is 13.7 Å². The predicted molar refractivity (Wildman–Crippen MR) is 57.9 cm³/mol. The van der Waals surface area contributed by atoms with E-state index in [0.29, 0.717) is 12.3 Å². The van der Waals surface area contributed by atoms with Gasteiger partial charge in [-0.25, -0.2) is 4.68 Å². The molecule has 1 unspecified atom stereocenters. The molecule has 0 aliphatic heterocycles. The fourth-order valence-corrected chi connectivity index (χ4v) is 1.60. The van der Waals surface area contributed by atoms with Gasteiger partial charge in [-0.15, -0.1) is 0 Å². The van der Waals surface area contributed by atoms with Gasteiger partial charge in [0.2, 0.25) is 5.88 Å². The Kier molecular flexibility index (Phi) is 3.36. The molecular formula is C10H19N3O2. The number of nitrogens with two attached hydrogens (primary N) is 1. The summed E-state index contributed by atoms with van der Waals surface area (Å²) < 4.78 is 6.93. The summed E-state index contributed by atoms with van der Waals surface area (Å²) in [6.07, 6.45) is 0.548. The highest BCUT2D eigenvalue weighted by Crippen LogP contribution is 2.24. The minimum atomic E-state index is -0.638. The third-order valence-corrected chi connectivity index (χ3v) is 2.42. The van der Waals surface area contributed by atoms with Crippen molar-refractivity contribution < 1.29 is 9.84 Å². The van der Waals surface area contributed by atoms with Crippen molar-refractivity contribution in [2.24, 2.45) is 12.8 Å². The number of nitrogens with zero attached hydrogens (tertiary/aromatic N) is 2. The minimum Gasteiger partial charge on any atom is -0.481 e. The first-order valence-electron chi connectivity index (χ1n) is 4.87. The van der Waals surface area contributed by atoms with E-state index in [1.807, 2.05) is 14.0 Å². The van der Waals surface area contributed by atoms with Crippen LogP contribution in [0.2, 0.25) is 0 Å². The van der Waals surface area contributed by atoms with Gasteiger partial charge in [0, 0.05) is 18.2 Å². The quantitative estimate of drug-likeness (QED) is 0.737. The van der Waals surface area contributed by atoms with Gasteiger partial charge in [0.15, 0.2) is 0 Å². The highest BCUT2D eigenvalue weighted by atomic mass is 16.5. The number of hydrogen-bond acceptors (Lipinski definition) is 4. The lowest BCUT2D eigenvalue weighted by atomic mass is 9.95. The van der Waals surface area contributed by atoms with E-state index in [-0.39, 0.29) is 6.61 Å². The molecule has 0 spiro atoms. The molecule has 0 saturated carbocycles. The fraction of sp³-hybridized carbons (Fsp3) is 0.700. The van der Waals surface area contributed by atoms with E-state index < -0.39 is 5.54 Å². The summed E-state index contributed by atoms with van der Waals surface area (Å²) in [4.78, 5) is 0. The Balaban J connectivity index is 3.03. The lowest BCUT2D eigenvalue weighted by Crippen LogP contribution is -2.42. The maximum absolute atomic E-state index is 9.12. The number of methoxy groups -OCH3 is 1. The minimum absolute atomic E-state index is 0.0650. The Bertz CT molecular complexity index is 345. The van der Waals surface area contributed by atoms with Crippen LogP contribution in [0.3, 0.4) is 0 Å². The second kappa shape index (κ2) is 4.20. The number of aromatic nitrogens is 2. The molecule has 86 valence electrons. The molecular weight excluding hydrogens is 194 g/mol. The van der Waals surface area contributed by atoms with Crippen molar-refractivity contribution >= 4 is 0 Å². The molecule has 0 aliphatic rings. The molecule has 0 aliphatic carbocycles. The van der Waals surface area contributed by atoms with Crippen molar-refractivity contribution in [2.45, 2.75) is 25.8 Å². The summed E-state index contributed by atoms with van der Waals surface area (Å²) in [5.41, 5.74) is 7.12. The van der Waals surface area contributed by atoms with Gasteiger partial charge in [-0.2, -0.15) is 5.10 Å². The summed E-state index contributed by atoms with van der Waals surface area (Å²) in [7, 11) is 3.43. The highest BCUT2D eigenvalue weighted by molar-refractivity contribution is 5.32. The lowest BCUT2D eigenvalue weighted by molar-refractivity contribution is 0.207. The van der Waals surface area contributed by atoms with Crippen molar-refractivity contribution in [3.05, 3.63) is 11.3 Å². The van der Waals surface area contributed by atoms with Gasteiger partial charge in [0.25, 0.3) is 0 Å². The number of aryl methyl sites for hydroxylation is 2. The highest BCUT2D eigenvalue weighted by Gasteiger charge is 2.24.